The van der Waals surface area contributed by atoms with E-state index < -0.39 is 0 Å². The van der Waals surface area contributed by atoms with E-state index in [1.165, 1.54) is 5.56 Å². The highest BCUT2D eigenvalue weighted by atomic mass is 16.5. The Labute approximate surface area is 154 Å². The van der Waals surface area contributed by atoms with E-state index in [1.54, 1.807) is 19.5 Å². The maximum Gasteiger partial charge on any atom is 0.174 e. The first-order chi connectivity index (χ1) is 12.5. The number of aryl methyl sites for hydroxylation is 2. The van der Waals surface area contributed by atoms with Crippen molar-refractivity contribution in [3.63, 3.8) is 0 Å². The van der Waals surface area contributed by atoms with Gasteiger partial charge in [0, 0.05) is 5.69 Å². The van der Waals surface area contributed by atoms with E-state index in [9.17, 15) is 0 Å². The zero-order valence-electron chi connectivity index (χ0n) is 15.9. The summed E-state index contributed by atoms with van der Waals surface area (Å²) in [5, 5.41) is 8.00. The Morgan fingerprint density at radius 1 is 1.08 bits per heavy atom. The van der Waals surface area contributed by atoms with Crippen LogP contribution in [0, 0.1) is 19.8 Å². The SMILES string of the molecule is COc1ccc(C(Nc2cncc(-n3nc(C)cc3C)n2)C(C)C)cc1. The minimum atomic E-state index is 0.117. The third kappa shape index (κ3) is 3.85. The first kappa shape index (κ1) is 17.9. The molecule has 0 fully saturated rings. The Bertz CT molecular complexity index is 870. The fourth-order valence-corrected chi connectivity index (χ4v) is 2.99. The molecule has 0 aliphatic rings. The molecule has 1 aromatic carbocycles. The average molecular weight is 351 g/mol. The lowest BCUT2D eigenvalue weighted by Crippen LogP contribution is -2.18. The van der Waals surface area contributed by atoms with Crippen molar-refractivity contribution in [1.82, 2.24) is 19.7 Å². The summed E-state index contributed by atoms with van der Waals surface area (Å²) >= 11 is 0. The van der Waals surface area contributed by atoms with Crippen molar-refractivity contribution in [3.05, 3.63) is 59.7 Å². The monoisotopic (exact) mass is 351 g/mol. The number of aromatic nitrogens is 4. The number of ether oxygens (including phenoxy) is 1. The van der Waals surface area contributed by atoms with Crippen molar-refractivity contribution in [2.75, 3.05) is 12.4 Å². The number of methoxy groups -OCH3 is 1. The quantitative estimate of drug-likeness (QED) is 0.724. The molecule has 3 aromatic rings. The van der Waals surface area contributed by atoms with Gasteiger partial charge in [-0.3, -0.25) is 4.98 Å². The van der Waals surface area contributed by atoms with Gasteiger partial charge in [-0.1, -0.05) is 26.0 Å². The molecule has 0 spiro atoms. The van der Waals surface area contributed by atoms with Crippen molar-refractivity contribution in [3.8, 4) is 11.6 Å². The van der Waals surface area contributed by atoms with Crippen molar-refractivity contribution < 1.29 is 4.74 Å². The van der Waals surface area contributed by atoms with Crippen LogP contribution in [0.4, 0.5) is 5.82 Å². The Hall–Kier alpha value is -2.89. The molecule has 136 valence electrons. The third-order valence-electron chi connectivity index (χ3n) is 4.29. The average Bonchev–Trinajstić information content (AvgIpc) is 2.98. The van der Waals surface area contributed by atoms with Gasteiger partial charge in [-0.2, -0.15) is 5.10 Å². The van der Waals surface area contributed by atoms with Crippen molar-refractivity contribution in [2.45, 2.75) is 33.7 Å². The fourth-order valence-electron chi connectivity index (χ4n) is 2.99. The normalized spacial score (nSPS) is 12.2. The van der Waals surface area contributed by atoms with Crippen LogP contribution in [-0.2, 0) is 0 Å². The Balaban J connectivity index is 1.87. The van der Waals surface area contributed by atoms with Crippen LogP contribution in [-0.4, -0.2) is 26.9 Å². The molecule has 0 saturated carbocycles. The van der Waals surface area contributed by atoms with Gasteiger partial charge in [0.05, 0.1) is 31.2 Å². The molecule has 26 heavy (non-hydrogen) atoms. The van der Waals surface area contributed by atoms with Crippen LogP contribution in [0.1, 0.15) is 36.8 Å². The number of benzene rings is 1. The Morgan fingerprint density at radius 3 is 2.38 bits per heavy atom. The maximum absolute atomic E-state index is 5.25. The molecule has 0 saturated heterocycles. The van der Waals surface area contributed by atoms with Gasteiger partial charge in [0.2, 0.25) is 0 Å². The summed E-state index contributed by atoms with van der Waals surface area (Å²) in [4.78, 5) is 9.04. The van der Waals surface area contributed by atoms with E-state index in [1.807, 2.05) is 36.7 Å². The second-order valence-electron chi connectivity index (χ2n) is 6.74. The lowest BCUT2D eigenvalue weighted by molar-refractivity contribution is 0.414. The first-order valence-electron chi connectivity index (χ1n) is 8.74. The number of nitrogens with zero attached hydrogens (tertiary/aromatic N) is 4. The molecule has 1 atom stereocenters. The lowest BCUT2D eigenvalue weighted by Gasteiger charge is -2.23. The highest BCUT2D eigenvalue weighted by Gasteiger charge is 2.17. The molecule has 2 aromatic heterocycles. The van der Waals surface area contributed by atoms with E-state index in [0.29, 0.717) is 11.7 Å². The molecular formula is C20H25N5O. The van der Waals surface area contributed by atoms with E-state index in [2.05, 4.69) is 41.4 Å². The zero-order chi connectivity index (χ0) is 18.7. The summed E-state index contributed by atoms with van der Waals surface area (Å²) in [6.45, 7) is 8.34. The molecule has 2 heterocycles. The smallest absolute Gasteiger partial charge is 0.174 e. The minimum absolute atomic E-state index is 0.117. The summed E-state index contributed by atoms with van der Waals surface area (Å²) < 4.78 is 7.06. The molecule has 0 aliphatic carbocycles. The van der Waals surface area contributed by atoms with Gasteiger partial charge in [-0.25, -0.2) is 9.67 Å². The Kier molecular flexibility index (Phi) is 5.21. The summed E-state index contributed by atoms with van der Waals surface area (Å²) in [7, 11) is 1.67. The highest BCUT2D eigenvalue weighted by Crippen LogP contribution is 2.27. The molecule has 6 heteroatoms. The topological polar surface area (TPSA) is 64.9 Å². The highest BCUT2D eigenvalue weighted by molar-refractivity contribution is 5.41. The molecular weight excluding hydrogens is 326 g/mol. The standard InChI is InChI=1S/C20H25N5O/c1-13(2)20(16-6-8-17(26-5)9-7-16)23-18-11-21-12-19(22-18)25-15(4)10-14(3)24-25/h6-13,20H,1-5H3,(H,22,23). The first-order valence-corrected chi connectivity index (χ1v) is 8.74. The van der Waals surface area contributed by atoms with E-state index in [0.717, 1.165) is 23.0 Å². The van der Waals surface area contributed by atoms with Crippen LogP contribution in [0.2, 0.25) is 0 Å². The summed E-state index contributed by atoms with van der Waals surface area (Å²) in [5.74, 6) is 2.66. The third-order valence-corrected chi connectivity index (χ3v) is 4.29. The van der Waals surface area contributed by atoms with Crippen LogP contribution in [0.25, 0.3) is 5.82 Å². The number of hydrogen-bond donors (Lipinski definition) is 1. The van der Waals surface area contributed by atoms with Crippen LogP contribution >= 0.6 is 0 Å². The molecule has 0 radical (unpaired) electrons. The van der Waals surface area contributed by atoms with Crippen molar-refractivity contribution in [1.29, 1.82) is 0 Å². The van der Waals surface area contributed by atoms with Gasteiger partial charge in [0.15, 0.2) is 5.82 Å². The van der Waals surface area contributed by atoms with Crippen LogP contribution in [0.15, 0.2) is 42.7 Å². The lowest BCUT2D eigenvalue weighted by atomic mass is 9.96. The molecule has 0 amide bonds. The van der Waals surface area contributed by atoms with E-state index in [4.69, 9.17) is 9.72 Å². The molecule has 0 aliphatic heterocycles. The number of rotatable bonds is 6. The summed E-state index contributed by atoms with van der Waals surface area (Å²) in [6.07, 6.45) is 3.47. The van der Waals surface area contributed by atoms with Gasteiger partial charge in [-0.05, 0) is 43.5 Å². The summed E-state index contributed by atoms with van der Waals surface area (Å²) in [6, 6.07) is 10.2. The second kappa shape index (κ2) is 7.56. The van der Waals surface area contributed by atoms with Gasteiger partial charge in [0.25, 0.3) is 0 Å². The Morgan fingerprint density at radius 2 is 1.81 bits per heavy atom. The predicted octanol–water partition coefficient (Wildman–Crippen LogP) is 4.10. The second-order valence-corrected chi connectivity index (χ2v) is 6.74. The fraction of sp³-hybridized carbons (Fsp3) is 0.350. The summed E-state index contributed by atoms with van der Waals surface area (Å²) in [5.41, 5.74) is 3.17. The van der Waals surface area contributed by atoms with Gasteiger partial charge in [0.1, 0.15) is 11.6 Å². The van der Waals surface area contributed by atoms with Gasteiger partial charge >= 0.3 is 0 Å². The van der Waals surface area contributed by atoms with Crippen molar-refractivity contribution >= 4 is 5.82 Å². The molecule has 0 bridgehead atoms. The minimum Gasteiger partial charge on any atom is -0.497 e. The van der Waals surface area contributed by atoms with E-state index in [-0.39, 0.29) is 6.04 Å². The molecule has 6 nitrogen and oxygen atoms in total. The van der Waals surface area contributed by atoms with Crippen LogP contribution in [0.5, 0.6) is 5.75 Å². The molecule has 3 rings (SSSR count). The van der Waals surface area contributed by atoms with Crippen LogP contribution < -0.4 is 10.1 Å². The number of hydrogen-bond acceptors (Lipinski definition) is 5. The molecule has 1 N–H and O–H groups in total. The van der Waals surface area contributed by atoms with E-state index >= 15 is 0 Å². The maximum atomic E-state index is 5.25. The predicted molar refractivity (Wildman–Crippen MR) is 103 cm³/mol. The van der Waals surface area contributed by atoms with Crippen LogP contribution in [0.3, 0.4) is 0 Å². The number of anilines is 1. The molecule has 1 unspecified atom stereocenters. The van der Waals surface area contributed by atoms with Gasteiger partial charge in [-0.15, -0.1) is 0 Å². The van der Waals surface area contributed by atoms with Crippen molar-refractivity contribution in [2.24, 2.45) is 5.92 Å². The zero-order valence-corrected chi connectivity index (χ0v) is 15.9. The largest absolute Gasteiger partial charge is 0.497 e. The number of nitrogens with one attached hydrogen (secondary N) is 1. The van der Waals surface area contributed by atoms with Gasteiger partial charge < -0.3 is 10.1 Å².